The lowest BCUT2D eigenvalue weighted by atomic mass is 10.0. The van der Waals surface area contributed by atoms with E-state index in [1.807, 2.05) is 13.0 Å². The number of carbonyl (C=O) groups is 1. The number of anilines is 1. The summed E-state index contributed by atoms with van der Waals surface area (Å²) in [6, 6.07) is 11.7. The maximum Gasteiger partial charge on any atom is 0.251 e. The molecule has 0 saturated carbocycles. The molecule has 1 aliphatic heterocycles. The maximum atomic E-state index is 13.3. The van der Waals surface area contributed by atoms with Crippen molar-refractivity contribution in [3.63, 3.8) is 0 Å². The van der Waals surface area contributed by atoms with Crippen molar-refractivity contribution in [1.29, 1.82) is 0 Å². The largest absolute Gasteiger partial charge is 0.399 e. The molecule has 5 nitrogen and oxygen atoms in total. The lowest BCUT2D eigenvalue weighted by molar-refractivity contribution is 0.0162. The van der Waals surface area contributed by atoms with Gasteiger partial charge in [0.15, 0.2) is 0 Å². The SMILES string of the molecule is Cc1ccc(N)cc1C(=O)NCC(c1ccc(F)cc1)N1CCOCC1. The Morgan fingerprint density at radius 1 is 1.23 bits per heavy atom. The zero-order valence-electron chi connectivity index (χ0n) is 14.9. The summed E-state index contributed by atoms with van der Waals surface area (Å²) in [6.07, 6.45) is 0. The van der Waals surface area contributed by atoms with Gasteiger partial charge >= 0.3 is 0 Å². The van der Waals surface area contributed by atoms with Crippen LogP contribution >= 0.6 is 0 Å². The van der Waals surface area contributed by atoms with Crippen molar-refractivity contribution in [2.24, 2.45) is 0 Å². The van der Waals surface area contributed by atoms with Crippen LogP contribution in [0.25, 0.3) is 0 Å². The minimum absolute atomic E-state index is 0.0372. The molecule has 6 heteroatoms. The van der Waals surface area contributed by atoms with Crippen LogP contribution in [0.1, 0.15) is 27.5 Å². The van der Waals surface area contributed by atoms with Gasteiger partial charge in [-0.1, -0.05) is 18.2 Å². The summed E-state index contributed by atoms with van der Waals surface area (Å²) in [5, 5.41) is 3.01. The maximum absolute atomic E-state index is 13.3. The summed E-state index contributed by atoms with van der Waals surface area (Å²) in [6.45, 7) is 5.16. The highest BCUT2D eigenvalue weighted by atomic mass is 19.1. The molecule has 0 bridgehead atoms. The van der Waals surface area contributed by atoms with Gasteiger partial charge in [-0.25, -0.2) is 4.39 Å². The van der Waals surface area contributed by atoms with Gasteiger partial charge in [-0.3, -0.25) is 9.69 Å². The molecule has 1 unspecified atom stereocenters. The summed E-state index contributed by atoms with van der Waals surface area (Å²) in [5.74, 6) is -0.427. The van der Waals surface area contributed by atoms with E-state index in [1.165, 1.54) is 12.1 Å². The standard InChI is InChI=1S/C20H24FN3O2/c1-14-2-7-17(22)12-18(14)20(25)23-13-19(24-8-10-26-11-9-24)15-3-5-16(21)6-4-15/h2-7,12,19H,8-11,13,22H2,1H3,(H,23,25). The third kappa shape index (κ3) is 4.39. The monoisotopic (exact) mass is 357 g/mol. The van der Waals surface area contributed by atoms with Crippen LogP contribution in [0.5, 0.6) is 0 Å². The van der Waals surface area contributed by atoms with Crippen LogP contribution in [0.2, 0.25) is 0 Å². The highest BCUT2D eigenvalue weighted by Gasteiger charge is 2.23. The van der Waals surface area contributed by atoms with Crippen LogP contribution in [-0.2, 0) is 4.74 Å². The van der Waals surface area contributed by atoms with Crippen molar-refractivity contribution in [3.8, 4) is 0 Å². The van der Waals surface area contributed by atoms with Crippen LogP contribution in [0.4, 0.5) is 10.1 Å². The number of ether oxygens (including phenoxy) is 1. The summed E-state index contributed by atoms with van der Waals surface area (Å²) >= 11 is 0. The van der Waals surface area contributed by atoms with Gasteiger partial charge in [-0.2, -0.15) is 0 Å². The van der Waals surface area contributed by atoms with Crippen molar-refractivity contribution < 1.29 is 13.9 Å². The van der Waals surface area contributed by atoms with Gasteiger partial charge in [0.2, 0.25) is 0 Å². The fourth-order valence-corrected chi connectivity index (χ4v) is 3.20. The summed E-state index contributed by atoms with van der Waals surface area (Å²) < 4.78 is 18.7. The number of halogens is 1. The van der Waals surface area contributed by atoms with Crippen LogP contribution in [-0.4, -0.2) is 43.7 Å². The number of morpholine rings is 1. The molecule has 0 aliphatic carbocycles. The number of aryl methyl sites for hydroxylation is 1. The second kappa shape index (κ2) is 8.29. The van der Waals surface area contributed by atoms with E-state index in [2.05, 4.69) is 10.2 Å². The number of amides is 1. The Balaban J connectivity index is 1.75. The van der Waals surface area contributed by atoms with E-state index >= 15 is 0 Å². The normalized spacial score (nSPS) is 16.2. The molecule has 3 rings (SSSR count). The van der Waals surface area contributed by atoms with Gasteiger partial charge in [0.05, 0.1) is 19.3 Å². The number of rotatable bonds is 5. The molecule has 0 aromatic heterocycles. The number of benzene rings is 2. The molecular weight excluding hydrogens is 333 g/mol. The first-order valence-electron chi connectivity index (χ1n) is 8.76. The fourth-order valence-electron chi connectivity index (χ4n) is 3.20. The third-order valence-electron chi connectivity index (χ3n) is 4.70. The van der Waals surface area contributed by atoms with Crippen LogP contribution in [0, 0.1) is 12.7 Å². The Morgan fingerprint density at radius 2 is 1.92 bits per heavy atom. The molecule has 2 aromatic rings. The first-order chi connectivity index (χ1) is 12.5. The second-order valence-electron chi connectivity index (χ2n) is 6.50. The smallest absolute Gasteiger partial charge is 0.251 e. The van der Waals surface area contributed by atoms with E-state index < -0.39 is 0 Å². The molecule has 138 valence electrons. The average Bonchev–Trinajstić information content (AvgIpc) is 2.66. The average molecular weight is 357 g/mol. The summed E-state index contributed by atoms with van der Waals surface area (Å²) in [5.41, 5.74) is 8.79. The Kier molecular flexibility index (Phi) is 5.85. The molecule has 1 saturated heterocycles. The summed E-state index contributed by atoms with van der Waals surface area (Å²) in [7, 11) is 0. The number of hydrogen-bond acceptors (Lipinski definition) is 4. The predicted molar refractivity (Wildman–Crippen MR) is 99.5 cm³/mol. The van der Waals surface area contributed by atoms with E-state index in [9.17, 15) is 9.18 Å². The Hall–Kier alpha value is -2.44. The Bertz CT molecular complexity index is 758. The molecule has 2 aromatic carbocycles. The first-order valence-corrected chi connectivity index (χ1v) is 8.76. The van der Waals surface area contributed by atoms with Gasteiger partial charge in [0.1, 0.15) is 5.82 Å². The minimum atomic E-state index is -0.270. The van der Waals surface area contributed by atoms with Gasteiger partial charge in [0.25, 0.3) is 5.91 Å². The lowest BCUT2D eigenvalue weighted by Crippen LogP contribution is -2.43. The number of nitrogens with one attached hydrogen (secondary N) is 1. The van der Waals surface area contributed by atoms with Gasteiger partial charge in [0, 0.05) is 30.9 Å². The van der Waals surface area contributed by atoms with E-state index in [0.29, 0.717) is 31.0 Å². The van der Waals surface area contributed by atoms with Crippen molar-refractivity contribution in [1.82, 2.24) is 10.2 Å². The van der Waals surface area contributed by atoms with Crippen LogP contribution in [0.3, 0.4) is 0 Å². The molecule has 1 aliphatic rings. The van der Waals surface area contributed by atoms with Crippen molar-refractivity contribution >= 4 is 11.6 Å². The van der Waals surface area contributed by atoms with Crippen molar-refractivity contribution in [2.45, 2.75) is 13.0 Å². The second-order valence-corrected chi connectivity index (χ2v) is 6.50. The quantitative estimate of drug-likeness (QED) is 0.807. The minimum Gasteiger partial charge on any atom is -0.399 e. The molecule has 26 heavy (non-hydrogen) atoms. The zero-order valence-corrected chi connectivity index (χ0v) is 14.9. The van der Waals surface area contributed by atoms with Gasteiger partial charge in [-0.15, -0.1) is 0 Å². The third-order valence-corrected chi connectivity index (χ3v) is 4.70. The van der Waals surface area contributed by atoms with Gasteiger partial charge in [-0.05, 0) is 42.3 Å². The molecule has 3 N–H and O–H groups in total. The zero-order chi connectivity index (χ0) is 18.5. The van der Waals surface area contributed by atoms with E-state index in [-0.39, 0.29) is 17.8 Å². The number of hydrogen-bond donors (Lipinski definition) is 2. The molecule has 1 amide bonds. The molecule has 0 spiro atoms. The molecule has 0 radical (unpaired) electrons. The molecule has 1 fully saturated rings. The van der Waals surface area contributed by atoms with Crippen LogP contribution in [0.15, 0.2) is 42.5 Å². The van der Waals surface area contributed by atoms with Crippen molar-refractivity contribution in [2.75, 3.05) is 38.6 Å². The summed E-state index contributed by atoms with van der Waals surface area (Å²) in [4.78, 5) is 14.9. The Labute approximate surface area is 152 Å². The van der Waals surface area contributed by atoms with E-state index in [1.54, 1.807) is 24.3 Å². The predicted octanol–water partition coefficient (Wildman–Crippen LogP) is 2.52. The highest BCUT2D eigenvalue weighted by molar-refractivity contribution is 5.96. The van der Waals surface area contributed by atoms with Crippen molar-refractivity contribution in [3.05, 3.63) is 65.0 Å². The highest BCUT2D eigenvalue weighted by Crippen LogP contribution is 2.22. The number of nitrogens with zero attached hydrogens (tertiary/aromatic N) is 1. The number of carbonyl (C=O) groups excluding carboxylic acids is 1. The number of nitrogen functional groups attached to an aromatic ring is 1. The molecular formula is C20H24FN3O2. The molecule has 1 atom stereocenters. The van der Waals surface area contributed by atoms with E-state index in [4.69, 9.17) is 10.5 Å². The number of nitrogens with two attached hydrogens (primary N) is 1. The first kappa shape index (κ1) is 18.4. The Morgan fingerprint density at radius 3 is 2.62 bits per heavy atom. The van der Waals surface area contributed by atoms with Crippen LogP contribution < -0.4 is 11.1 Å². The topological polar surface area (TPSA) is 67.6 Å². The molecule has 1 heterocycles. The lowest BCUT2D eigenvalue weighted by Gasteiger charge is -2.35. The van der Waals surface area contributed by atoms with E-state index in [0.717, 1.165) is 24.2 Å². The fraction of sp³-hybridized carbons (Fsp3) is 0.350. The van der Waals surface area contributed by atoms with Gasteiger partial charge < -0.3 is 15.8 Å².